The predicted molar refractivity (Wildman–Crippen MR) is 60.4 cm³/mol. The van der Waals surface area contributed by atoms with Crippen molar-refractivity contribution in [3.8, 4) is 0 Å². The minimum absolute atomic E-state index is 0.396. The molecule has 0 saturated carbocycles. The molecule has 6 nitrogen and oxygen atoms in total. The minimum atomic E-state index is -0.923. The minimum Gasteiger partial charge on any atom is -0.457 e. The molecule has 0 radical (unpaired) electrons. The highest BCUT2D eigenvalue weighted by Crippen LogP contribution is 2.26. The molecular formula is C12H16O6. The van der Waals surface area contributed by atoms with Gasteiger partial charge in [-0.25, -0.2) is 14.4 Å². The number of esters is 3. The fourth-order valence-corrected chi connectivity index (χ4v) is 1.47. The highest BCUT2D eigenvalue weighted by molar-refractivity contribution is 5.85. The molecule has 1 aliphatic rings. The summed E-state index contributed by atoms with van der Waals surface area (Å²) in [6.45, 7) is 6.21. The van der Waals surface area contributed by atoms with Gasteiger partial charge in [-0.2, -0.15) is 0 Å². The Bertz CT molecular complexity index is 371. The van der Waals surface area contributed by atoms with Crippen LogP contribution in [0.4, 0.5) is 0 Å². The van der Waals surface area contributed by atoms with E-state index in [4.69, 9.17) is 9.47 Å². The molecule has 1 fully saturated rings. The van der Waals surface area contributed by atoms with Crippen LogP contribution in [0.2, 0.25) is 0 Å². The summed E-state index contributed by atoms with van der Waals surface area (Å²) in [5, 5.41) is 0. The van der Waals surface area contributed by atoms with Gasteiger partial charge in [0, 0.05) is 6.08 Å². The summed E-state index contributed by atoms with van der Waals surface area (Å²) < 4.78 is 14.4. The van der Waals surface area contributed by atoms with Crippen molar-refractivity contribution in [2.75, 3.05) is 6.61 Å². The maximum absolute atomic E-state index is 11.5. The van der Waals surface area contributed by atoms with Crippen LogP contribution in [0.15, 0.2) is 12.7 Å². The first-order chi connectivity index (χ1) is 8.34. The fraction of sp³-hybridized carbons (Fsp3) is 0.583. The van der Waals surface area contributed by atoms with E-state index in [1.165, 1.54) is 0 Å². The Kier molecular flexibility index (Phi) is 4.47. The number of ether oxygens (including phenoxy) is 3. The van der Waals surface area contributed by atoms with Gasteiger partial charge in [-0.3, -0.25) is 0 Å². The standard InChI is InChI=1S/C12H16O6/c1-4-9(13)16-7-10(14)17-8-5-6-12(2,3)18-11(8)15/h4,8H,1,5-7H2,2-3H3. The van der Waals surface area contributed by atoms with Crippen molar-refractivity contribution in [3.05, 3.63) is 12.7 Å². The molecule has 1 aliphatic heterocycles. The van der Waals surface area contributed by atoms with E-state index in [0.717, 1.165) is 6.08 Å². The first-order valence-corrected chi connectivity index (χ1v) is 5.55. The molecule has 0 aromatic carbocycles. The van der Waals surface area contributed by atoms with E-state index in [1.54, 1.807) is 13.8 Å². The number of hydrogen-bond acceptors (Lipinski definition) is 6. The van der Waals surface area contributed by atoms with Gasteiger partial charge in [0.25, 0.3) is 0 Å². The second-order valence-corrected chi connectivity index (χ2v) is 4.51. The maximum atomic E-state index is 11.5. The SMILES string of the molecule is C=CC(=O)OCC(=O)OC1CCC(C)(C)OC1=O. The zero-order chi connectivity index (χ0) is 13.8. The largest absolute Gasteiger partial charge is 0.457 e. The Balaban J connectivity index is 2.39. The zero-order valence-electron chi connectivity index (χ0n) is 10.4. The second-order valence-electron chi connectivity index (χ2n) is 4.51. The molecule has 0 aromatic heterocycles. The summed E-state index contributed by atoms with van der Waals surface area (Å²) in [7, 11) is 0. The van der Waals surface area contributed by atoms with Gasteiger partial charge in [-0.1, -0.05) is 6.58 Å². The van der Waals surface area contributed by atoms with E-state index >= 15 is 0 Å². The van der Waals surface area contributed by atoms with Crippen LogP contribution in [0.5, 0.6) is 0 Å². The summed E-state index contributed by atoms with van der Waals surface area (Å²) in [5.74, 6) is -2.08. The quantitative estimate of drug-likeness (QED) is 0.419. The van der Waals surface area contributed by atoms with E-state index in [9.17, 15) is 14.4 Å². The Morgan fingerprint density at radius 1 is 1.56 bits per heavy atom. The average molecular weight is 256 g/mol. The number of carbonyl (C=O) groups excluding carboxylic acids is 3. The van der Waals surface area contributed by atoms with Gasteiger partial charge < -0.3 is 14.2 Å². The monoisotopic (exact) mass is 256 g/mol. The number of carbonyl (C=O) groups is 3. The summed E-state index contributed by atoms with van der Waals surface area (Å²) in [4.78, 5) is 33.5. The summed E-state index contributed by atoms with van der Waals surface area (Å²) in [5.41, 5.74) is -0.532. The maximum Gasteiger partial charge on any atom is 0.347 e. The van der Waals surface area contributed by atoms with Crippen LogP contribution in [-0.4, -0.2) is 36.2 Å². The van der Waals surface area contributed by atoms with Crippen molar-refractivity contribution >= 4 is 17.9 Å². The molecule has 1 atom stereocenters. The normalized spacial score (nSPS) is 21.7. The van der Waals surface area contributed by atoms with Crippen LogP contribution in [0.3, 0.4) is 0 Å². The van der Waals surface area contributed by atoms with E-state index in [0.29, 0.717) is 12.8 Å². The van der Waals surface area contributed by atoms with Crippen LogP contribution < -0.4 is 0 Å². The lowest BCUT2D eigenvalue weighted by Gasteiger charge is -2.33. The molecule has 18 heavy (non-hydrogen) atoms. The molecule has 0 N–H and O–H groups in total. The van der Waals surface area contributed by atoms with Crippen LogP contribution >= 0.6 is 0 Å². The van der Waals surface area contributed by atoms with Crippen molar-refractivity contribution in [2.45, 2.75) is 38.4 Å². The molecule has 0 amide bonds. The smallest absolute Gasteiger partial charge is 0.347 e. The summed E-state index contributed by atoms with van der Waals surface area (Å²) in [6.07, 6.45) is 1.01. The van der Waals surface area contributed by atoms with Gasteiger partial charge in [0.15, 0.2) is 12.7 Å². The zero-order valence-corrected chi connectivity index (χ0v) is 10.4. The average Bonchev–Trinajstić information content (AvgIpc) is 2.29. The van der Waals surface area contributed by atoms with Gasteiger partial charge in [0.1, 0.15) is 5.60 Å². The lowest BCUT2D eigenvalue weighted by molar-refractivity contribution is -0.188. The number of hydrogen-bond donors (Lipinski definition) is 0. The summed E-state index contributed by atoms with van der Waals surface area (Å²) in [6, 6.07) is 0. The van der Waals surface area contributed by atoms with Gasteiger partial charge in [0.05, 0.1) is 0 Å². The Morgan fingerprint density at radius 2 is 2.22 bits per heavy atom. The third-order valence-corrected chi connectivity index (χ3v) is 2.42. The van der Waals surface area contributed by atoms with Crippen LogP contribution in [-0.2, 0) is 28.6 Å². The lowest BCUT2D eigenvalue weighted by Crippen LogP contribution is -2.43. The fourth-order valence-electron chi connectivity index (χ4n) is 1.47. The van der Waals surface area contributed by atoms with E-state index in [2.05, 4.69) is 11.3 Å². The predicted octanol–water partition coefficient (Wildman–Crippen LogP) is 0.743. The Hall–Kier alpha value is -1.85. The summed E-state index contributed by atoms with van der Waals surface area (Å²) >= 11 is 0. The van der Waals surface area contributed by atoms with Crippen molar-refractivity contribution in [3.63, 3.8) is 0 Å². The lowest BCUT2D eigenvalue weighted by atomic mass is 9.96. The van der Waals surface area contributed by atoms with Gasteiger partial charge in [-0.15, -0.1) is 0 Å². The number of rotatable bonds is 4. The molecule has 6 heteroatoms. The molecule has 0 aliphatic carbocycles. The second kappa shape index (κ2) is 5.66. The number of cyclic esters (lactones) is 1. The van der Waals surface area contributed by atoms with Gasteiger partial charge >= 0.3 is 17.9 Å². The highest BCUT2D eigenvalue weighted by atomic mass is 16.6. The van der Waals surface area contributed by atoms with Crippen molar-refractivity contribution < 1.29 is 28.6 Å². The van der Waals surface area contributed by atoms with E-state index in [-0.39, 0.29) is 0 Å². The van der Waals surface area contributed by atoms with Gasteiger partial charge in [0.2, 0.25) is 0 Å². The molecule has 100 valence electrons. The molecule has 1 unspecified atom stereocenters. The Morgan fingerprint density at radius 3 is 2.78 bits per heavy atom. The molecule has 1 heterocycles. The molecule has 1 saturated heterocycles. The van der Waals surface area contributed by atoms with Crippen LogP contribution in [0.25, 0.3) is 0 Å². The van der Waals surface area contributed by atoms with Crippen molar-refractivity contribution in [2.24, 2.45) is 0 Å². The van der Waals surface area contributed by atoms with Gasteiger partial charge in [-0.05, 0) is 26.7 Å². The van der Waals surface area contributed by atoms with E-state index in [1.807, 2.05) is 0 Å². The van der Waals surface area contributed by atoms with Crippen molar-refractivity contribution in [1.29, 1.82) is 0 Å². The first kappa shape index (κ1) is 14.2. The molecule has 1 rings (SSSR count). The topological polar surface area (TPSA) is 78.9 Å². The third kappa shape index (κ3) is 4.20. The third-order valence-electron chi connectivity index (χ3n) is 2.42. The Labute approximate surface area is 105 Å². The molecule has 0 bridgehead atoms. The first-order valence-electron chi connectivity index (χ1n) is 5.55. The van der Waals surface area contributed by atoms with E-state index < -0.39 is 36.2 Å². The van der Waals surface area contributed by atoms with Crippen LogP contribution in [0.1, 0.15) is 26.7 Å². The highest BCUT2D eigenvalue weighted by Gasteiger charge is 2.37. The van der Waals surface area contributed by atoms with Crippen LogP contribution in [0, 0.1) is 0 Å². The molecule has 0 spiro atoms. The molecule has 0 aromatic rings. The molecular weight excluding hydrogens is 240 g/mol. The van der Waals surface area contributed by atoms with Crippen molar-refractivity contribution in [1.82, 2.24) is 0 Å².